The van der Waals surface area contributed by atoms with E-state index in [0.717, 1.165) is 12.1 Å². The molecule has 1 saturated heterocycles. The van der Waals surface area contributed by atoms with Gasteiger partial charge < -0.3 is 15.1 Å². The van der Waals surface area contributed by atoms with Gasteiger partial charge in [0, 0.05) is 44.2 Å². The Labute approximate surface area is 200 Å². The molecule has 1 fully saturated rings. The molecule has 1 N–H and O–H groups in total. The van der Waals surface area contributed by atoms with Crippen LogP contribution in [0.4, 0.5) is 14.9 Å². The number of urea groups is 1. The number of fused-ring (bicyclic) bond motifs is 3. The summed E-state index contributed by atoms with van der Waals surface area (Å²) in [5.41, 5.74) is 2.20. The van der Waals surface area contributed by atoms with Crippen molar-refractivity contribution >= 4 is 35.1 Å². The standard InChI is InChI=1S/C22H24ClFN6O4/c1-27-21(32)20-15-12-29(22(33)25-13-4-5-17(24)16(23)9-13)8-6-18(15)26-30(20)11-14(34-27)10-28-7-2-3-19(28)31/h4-5,9,14H,2-3,6-8,10-12H2,1H3,(H,25,33). The Hall–Kier alpha value is -3.18. The predicted molar refractivity (Wildman–Crippen MR) is 120 cm³/mol. The van der Waals surface area contributed by atoms with Crippen molar-refractivity contribution in [1.82, 2.24) is 24.6 Å². The fourth-order valence-electron chi connectivity index (χ4n) is 4.63. The van der Waals surface area contributed by atoms with E-state index in [4.69, 9.17) is 16.4 Å². The maximum atomic E-state index is 13.4. The predicted octanol–water partition coefficient (Wildman–Crippen LogP) is 2.27. The zero-order valence-electron chi connectivity index (χ0n) is 18.6. The number of hydrogen-bond donors (Lipinski definition) is 1. The number of nitrogens with zero attached hydrogens (tertiary/aromatic N) is 5. The quantitative estimate of drug-likeness (QED) is 0.711. The van der Waals surface area contributed by atoms with E-state index in [-0.39, 0.29) is 29.4 Å². The third-order valence-corrected chi connectivity index (χ3v) is 6.62. The van der Waals surface area contributed by atoms with Crippen LogP contribution in [0.25, 0.3) is 0 Å². The molecule has 0 bridgehead atoms. The first kappa shape index (κ1) is 22.6. The smallest absolute Gasteiger partial charge is 0.322 e. The molecule has 0 saturated carbocycles. The highest BCUT2D eigenvalue weighted by atomic mass is 35.5. The zero-order chi connectivity index (χ0) is 24.0. The van der Waals surface area contributed by atoms with Gasteiger partial charge in [-0.3, -0.25) is 19.1 Å². The molecule has 3 aliphatic rings. The molecule has 1 aromatic carbocycles. The second-order valence-corrected chi connectivity index (χ2v) is 9.07. The lowest BCUT2D eigenvalue weighted by Gasteiger charge is -2.27. The SMILES string of the molecule is CN1OC(CN2CCCC2=O)Cn2nc3c(c2C1=O)CN(C(=O)Nc1ccc(F)c(Cl)c1)CC3. The first-order valence-electron chi connectivity index (χ1n) is 11.1. The molecule has 3 aliphatic heterocycles. The lowest BCUT2D eigenvalue weighted by molar-refractivity contribution is -0.158. The number of aromatic nitrogens is 2. The summed E-state index contributed by atoms with van der Waals surface area (Å²) in [4.78, 5) is 47.2. The van der Waals surface area contributed by atoms with E-state index < -0.39 is 11.9 Å². The second kappa shape index (κ2) is 8.88. The van der Waals surface area contributed by atoms with E-state index in [2.05, 4.69) is 10.4 Å². The maximum Gasteiger partial charge on any atom is 0.322 e. The first-order valence-corrected chi connectivity index (χ1v) is 11.5. The highest BCUT2D eigenvalue weighted by Crippen LogP contribution is 2.27. The number of amides is 4. The van der Waals surface area contributed by atoms with Crippen LogP contribution in [0.1, 0.15) is 34.6 Å². The Morgan fingerprint density at radius 1 is 1.29 bits per heavy atom. The van der Waals surface area contributed by atoms with Gasteiger partial charge in [-0.15, -0.1) is 0 Å². The number of rotatable bonds is 3. The molecule has 1 atom stereocenters. The molecule has 12 heteroatoms. The van der Waals surface area contributed by atoms with E-state index in [1.54, 1.807) is 21.5 Å². The molecule has 34 heavy (non-hydrogen) atoms. The van der Waals surface area contributed by atoms with E-state index in [9.17, 15) is 18.8 Å². The van der Waals surface area contributed by atoms with Crippen molar-refractivity contribution in [3.8, 4) is 0 Å². The number of benzene rings is 1. The maximum absolute atomic E-state index is 13.4. The molecule has 10 nitrogen and oxygen atoms in total. The second-order valence-electron chi connectivity index (χ2n) is 8.66. The van der Waals surface area contributed by atoms with Crippen LogP contribution in [0, 0.1) is 5.82 Å². The van der Waals surface area contributed by atoms with Gasteiger partial charge in [-0.25, -0.2) is 14.2 Å². The molecule has 2 aromatic rings. The minimum absolute atomic E-state index is 0.0838. The number of halogens is 2. The number of likely N-dealkylation sites (tertiary alicyclic amines) is 1. The Morgan fingerprint density at radius 2 is 2.12 bits per heavy atom. The van der Waals surface area contributed by atoms with Crippen molar-refractivity contribution in [1.29, 1.82) is 0 Å². The van der Waals surface area contributed by atoms with Gasteiger partial charge in [0.2, 0.25) is 5.91 Å². The van der Waals surface area contributed by atoms with Crippen molar-refractivity contribution < 1.29 is 23.6 Å². The molecular weight excluding hydrogens is 467 g/mol. The summed E-state index contributed by atoms with van der Waals surface area (Å²) in [6.07, 6.45) is 1.43. The van der Waals surface area contributed by atoms with Crippen LogP contribution in [0.2, 0.25) is 5.02 Å². The number of carbonyl (C=O) groups is 3. The molecule has 1 aromatic heterocycles. The summed E-state index contributed by atoms with van der Waals surface area (Å²) < 4.78 is 15.1. The number of anilines is 1. The molecule has 0 radical (unpaired) electrons. The molecular formula is C22H24ClFN6O4. The Bertz CT molecular complexity index is 1170. The summed E-state index contributed by atoms with van der Waals surface area (Å²) in [6, 6.07) is 3.58. The van der Waals surface area contributed by atoms with Crippen LogP contribution >= 0.6 is 11.6 Å². The minimum atomic E-state index is -0.567. The normalized spacial score (nSPS) is 20.3. The average Bonchev–Trinajstić information content (AvgIpc) is 3.34. The van der Waals surface area contributed by atoms with Gasteiger partial charge in [-0.05, 0) is 24.6 Å². The summed E-state index contributed by atoms with van der Waals surface area (Å²) in [5, 5.41) is 8.47. The van der Waals surface area contributed by atoms with Gasteiger partial charge >= 0.3 is 6.03 Å². The van der Waals surface area contributed by atoms with E-state index in [0.29, 0.717) is 56.0 Å². The van der Waals surface area contributed by atoms with Crippen LogP contribution in [0.3, 0.4) is 0 Å². The van der Waals surface area contributed by atoms with Crippen LogP contribution in [-0.2, 0) is 29.1 Å². The molecule has 0 aliphatic carbocycles. The monoisotopic (exact) mass is 490 g/mol. The van der Waals surface area contributed by atoms with E-state index >= 15 is 0 Å². The van der Waals surface area contributed by atoms with Crippen molar-refractivity contribution in [2.45, 2.75) is 38.5 Å². The van der Waals surface area contributed by atoms with Crippen molar-refractivity contribution in [3.05, 3.63) is 46.0 Å². The van der Waals surface area contributed by atoms with E-state index in [1.165, 1.54) is 23.3 Å². The average molecular weight is 491 g/mol. The molecule has 4 amide bonds. The third kappa shape index (κ3) is 4.21. The van der Waals surface area contributed by atoms with Crippen LogP contribution in [0.15, 0.2) is 18.2 Å². The van der Waals surface area contributed by atoms with Gasteiger partial charge in [0.25, 0.3) is 5.91 Å². The zero-order valence-corrected chi connectivity index (χ0v) is 19.3. The summed E-state index contributed by atoms with van der Waals surface area (Å²) in [5.74, 6) is -0.829. The topological polar surface area (TPSA) is 100 Å². The lowest BCUT2D eigenvalue weighted by atomic mass is 10.1. The van der Waals surface area contributed by atoms with Crippen molar-refractivity contribution in [2.24, 2.45) is 0 Å². The first-order chi connectivity index (χ1) is 16.3. The highest BCUT2D eigenvalue weighted by Gasteiger charge is 2.36. The molecule has 180 valence electrons. The largest absolute Gasteiger partial charge is 0.340 e. The van der Waals surface area contributed by atoms with Gasteiger partial charge in [0.15, 0.2) is 0 Å². The number of hydrogen-bond acceptors (Lipinski definition) is 5. The van der Waals surface area contributed by atoms with Crippen molar-refractivity contribution in [2.75, 3.05) is 32.0 Å². The Balaban J connectivity index is 1.34. The summed E-state index contributed by atoms with van der Waals surface area (Å²) in [6.45, 7) is 2.00. The van der Waals surface area contributed by atoms with Gasteiger partial charge in [0.05, 0.1) is 30.4 Å². The third-order valence-electron chi connectivity index (χ3n) is 6.33. The number of nitrogens with one attached hydrogen (secondary N) is 1. The van der Waals surface area contributed by atoms with E-state index in [1.807, 2.05) is 0 Å². The Kier molecular flexibility index (Phi) is 5.90. The molecule has 4 heterocycles. The summed E-state index contributed by atoms with van der Waals surface area (Å²) in [7, 11) is 1.54. The number of carbonyl (C=O) groups excluding carboxylic acids is 3. The fourth-order valence-corrected chi connectivity index (χ4v) is 4.81. The number of hydroxylamine groups is 2. The van der Waals surface area contributed by atoms with Gasteiger partial charge in [-0.2, -0.15) is 5.10 Å². The summed E-state index contributed by atoms with van der Waals surface area (Å²) >= 11 is 5.81. The van der Waals surface area contributed by atoms with Crippen molar-refractivity contribution in [3.63, 3.8) is 0 Å². The minimum Gasteiger partial charge on any atom is -0.340 e. The van der Waals surface area contributed by atoms with Crippen LogP contribution in [0.5, 0.6) is 0 Å². The van der Waals surface area contributed by atoms with Gasteiger partial charge in [0.1, 0.15) is 17.6 Å². The molecule has 5 rings (SSSR count). The molecule has 1 unspecified atom stereocenters. The van der Waals surface area contributed by atoms with Gasteiger partial charge in [-0.1, -0.05) is 11.6 Å². The lowest BCUT2D eigenvalue weighted by Crippen LogP contribution is -2.40. The Morgan fingerprint density at radius 3 is 2.85 bits per heavy atom. The van der Waals surface area contributed by atoms with Crippen LogP contribution < -0.4 is 5.32 Å². The highest BCUT2D eigenvalue weighted by molar-refractivity contribution is 6.31. The van der Waals surface area contributed by atoms with Crippen LogP contribution in [-0.4, -0.2) is 75.3 Å². The molecule has 0 spiro atoms. The fraction of sp³-hybridized carbons (Fsp3) is 0.455.